The molecule has 0 aliphatic heterocycles. The van der Waals surface area contributed by atoms with Crippen LogP contribution in [-0.4, -0.2) is 43.4 Å². The van der Waals surface area contributed by atoms with Crippen LogP contribution in [0, 0.1) is 6.92 Å². The largest absolute Gasteiger partial charge is 0.457 e. The van der Waals surface area contributed by atoms with Crippen molar-refractivity contribution in [2.24, 2.45) is 10.3 Å². The molecule has 206 valence electrons. The molecule has 2 atom stereocenters. The SMILES string of the molecule is CO/N=C(/C(=O)N(C)C)c1cccc(C)c1CO/N=C(\C)c1ccc(Oc2ccc(Cl)cc2)cc1C(F)(P)P. The van der Waals surface area contributed by atoms with E-state index in [1.54, 1.807) is 69.6 Å². The first-order valence-corrected chi connectivity index (χ1v) is 13.4. The molecule has 0 heterocycles. The summed E-state index contributed by atoms with van der Waals surface area (Å²) in [6, 6.07) is 17.5. The molecule has 0 saturated heterocycles. The van der Waals surface area contributed by atoms with Crippen LogP contribution in [0.15, 0.2) is 71.0 Å². The molecule has 3 rings (SSSR count). The molecular formula is C28H31ClFN3O4P2. The first kappa shape index (κ1) is 30.5. The van der Waals surface area contributed by atoms with Gasteiger partial charge in [-0.25, -0.2) is 4.39 Å². The minimum Gasteiger partial charge on any atom is -0.457 e. The minimum atomic E-state index is -1.84. The number of carbonyl (C=O) groups excluding carboxylic acids is 1. The van der Waals surface area contributed by atoms with Crippen molar-refractivity contribution in [2.45, 2.75) is 25.6 Å². The van der Waals surface area contributed by atoms with E-state index in [4.69, 9.17) is 26.0 Å². The van der Waals surface area contributed by atoms with Crippen LogP contribution < -0.4 is 4.74 Å². The lowest BCUT2D eigenvalue weighted by atomic mass is 9.98. The van der Waals surface area contributed by atoms with Crippen molar-refractivity contribution in [1.82, 2.24) is 4.90 Å². The smallest absolute Gasteiger partial charge is 0.276 e. The average molecular weight is 590 g/mol. The second-order valence-corrected chi connectivity index (χ2v) is 11.7. The van der Waals surface area contributed by atoms with Gasteiger partial charge < -0.3 is 19.3 Å². The number of rotatable bonds is 10. The number of halogens is 2. The molecule has 11 heteroatoms. The fourth-order valence-electron chi connectivity index (χ4n) is 3.72. The second kappa shape index (κ2) is 13.3. The number of benzene rings is 3. The van der Waals surface area contributed by atoms with E-state index in [-0.39, 0.29) is 18.2 Å². The lowest BCUT2D eigenvalue weighted by Crippen LogP contribution is -2.31. The number of amides is 1. The number of hydrogen-bond acceptors (Lipinski definition) is 6. The van der Waals surface area contributed by atoms with Gasteiger partial charge in [-0.3, -0.25) is 4.79 Å². The minimum absolute atomic E-state index is 0.0540. The fraction of sp³-hybridized carbons (Fsp3) is 0.250. The van der Waals surface area contributed by atoms with Gasteiger partial charge in [-0.2, -0.15) is 0 Å². The maximum atomic E-state index is 15.2. The van der Waals surface area contributed by atoms with E-state index in [0.717, 1.165) is 11.1 Å². The quantitative estimate of drug-likeness (QED) is 0.151. The highest BCUT2D eigenvalue weighted by Crippen LogP contribution is 2.43. The van der Waals surface area contributed by atoms with Crippen LogP contribution in [0.25, 0.3) is 0 Å². The fourth-order valence-corrected chi connectivity index (χ4v) is 4.33. The summed E-state index contributed by atoms with van der Waals surface area (Å²) >= 11 is 5.95. The van der Waals surface area contributed by atoms with Crippen LogP contribution in [0.4, 0.5) is 4.39 Å². The van der Waals surface area contributed by atoms with Crippen molar-refractivity contribution in [3.8, 4) is 11.5 Å². The lowest BCUT2D eigenvalue weighted by molar-refractivity contribution is -0.121. The highest BCUT2D eigenvalue weighted by molar-refractivity contribution is 7.38. The number of ether oxygens (including phenoxy) is 1. The Labute approximate surface area is 237 Å². The van der Waals surface area contributed by atoms with Gasteiger partial charge in [-0.05, 0) is 61.9 Å². The lowest BCUT2D eigenvalue weighted by Gasteiger charge is -2.20. The van der Waals surface area contributed by atoms with Crippen LogP contribution in [0.1, 0.15) is 34.7 Å². The molecule has 0 spiro atoms. The Morgan fingerprint density at radius 2 is 1.69 bits per heavy atom. The van der Waals surface area contributed by atoms with Gasteiger partial charge in [0.1, 0.15) is 25.2 Å². The summed E-state index contributed by atoms with van der Waals surface area (Å²) in [5.41, 5.74) is 3.67. The summed E-state index contributed by atoms with van der Waals surface area (Å²) in [6.45, 7) is 3.69. The third kappa shape index (κ3) is 7.98. The Morgan fingerprint density at radius 3 is 2.31 bits per heavy atom. The van der Waals surface area contributed by atoms with Gasteiger partial charge >= 0.3 is 0 Å². The molecule has 0 radical (unpaired) electrons. The molecule has 0 bridgehead atoms. The van der Waals surface area contributed by atoms with Crippen molar-refractivity contribution >= 4 is 47.4 Å². The van der Waals surface area contributed by atoms with Crippen LogP contribution in [0.5, 0.6) is 11.5 Å². The molecule has 0 aliphatic carbocycles. The van der Waals surface area contributed by atoms with Gasteiger partial charge in [0.15, 0.2) is 10.9 Å². The normalized spacial score (nSPS) is 12.2. The second-order valence-electron chi connectivity index (χ2n) is 8.90. The molecule has 1 amide bonds. The Morgan fingerprint density at radius 1 is 1.03 bits per heavy atom. The van der Waals surface area contributed by atoms with Gasteiger partial charge in [-0.15, -0.1) is 0 Å². The van der Waals surface area contributed by atoms with Crippen LogP contribution in [0.3, 0.4) is 0 Å². The average Bonchev–Trinajstić information content (AvgIpc) is 2.88. The maximum absolute atomic E-state index is 15.2. The molecule has 2 unspecified atom stereocenters. The van der Waals surface area contributed by atoms with Crippen molar-refractivity contribution in [3.63, 3.8) is 0 Å². The highest BCUT2D eigenvalue weighted by atomic mass is 35.5. The molecule has 7 nitrogen and oxygen atoms in total. The molecule has 0 aromatic heterocycles. The summed E-state index contributed by atoms with van der Waals surface area (Å²) in [5.74, 6) is 0.716. The zero-order valence-electron chi connectivity index (χ0n) is 22.4. The summed E-state index contributed by atoms with van der Waals surface area (Å²) in [6.07, 6.45) is 0. The molecular weight excluding hydrogens is 559 g/mol. The van der Waals surface area contributed by atoms with Crippen LogP contribution >= 0.6 is 30.1 Å². The maximum Gasteiger partial charge on any atom is 0.276 e. The van der Waals surface area contributed by atoms with E-state index >= 15 is 4.39 Å². The third-order valence-electron chi connectivity index (χ3n) is 5.71. The van der Waals surface area contributed by atoms with E-state index < -0.39 is 5.15 Å². The van der Waals surface area contributed by atoms with E-state index in [2.05, 4.69) is 28.8 Å². The predicted molar refractivity (Wildman–Crippen MR) is 161 cm³/mol. The number of carbonyl (C=O) groups is 1. The standard InChI is InChI=1S/C28H31ClFN3O4P2/c1-17-7-6-8-23(26(32-35-5)27(34)33(3)4)24(17)16-36-31-18(2)22-14-13-21(15-25(22)28(30,38)39)37-20-11-9-19(29)10-12-20/h6-15H,16,38-39H2,1-5H3/b31-18+,32-26+. The van der Waals surface area contributed by atoms with Gasteiger partial charge in [0.2, 0.25) is 0 Å². The zero-order valence-corrected chi connectivity index (χ0v) is 25.4. The van der Waals surface area contributed by atoms with Crippen molar-refractivity contribution in [2.75, 3.05) is 21.2 Å². The molecule has 3 aromatic carbocycles. The monoisotopic (exact) mass is 589 g/mol. The Kier molecular flexibility index (Phi) is 10.4. The van der Waals surface area contributed by atoms with E-state index in [1.165, 1.54) is 12.0 Å². The number of hydrogen-bond donors (Lipinski definition) is 0. The van der Waals surface area contributed by atoms with Crippen molar-refractivity contribution in [1.29, 1.82) is 0 Å². The number of alkyl halides is 1. The molecule has 0 aliphatic rings. The van der Waals surface area contributed by atoms with E-state index in [9.17, 15) is 4.79 Å². The topological polar surface area (TPSA) is 72.7 Å². The highest BCUT2D eigenvalue weighted by Gasteiger charge is 2.26. The van der Waals surface area contributed by atoms with Crippen molar-refractivity contribution < 1.29 is 23.6 Å². The van der Waals surface area contributed by atoms with Gasteiger partial charge in [-0.1, -0.05) is 58.6 Å². The van der Waals surface area contributed by atoms with Crippen LogP contribution in [0.2, 0.25) is 5.02 Å². The van der Waals surface area contributed by atoms with Crippen LogP contribution in [-0.2, 0) is 26.2 Å². The summed E-state index contributed by atoms with van der Waals surface area (Å²) in [4.78, 5) is 24.8. The zero-order chi connectivity index (χ0) is 28.7. The summed E-state index contributed by atoms with van der Waals surface area (Å²) < 4.78 is 21.1. The Balaban J connectivity index is 1.89. The number of oxime groups is 2. The molecule has 0 saturated carbocycles. The predicted octanol–water partition coefficient (Wildman–Crippen LogP) is 6.65. The Hall–Kier alpha value is -3.05. The number of nitrogens with zero attached hydrogens (tertiary/aromatic N) is 3. The first-order valence-electron chi connectivity index (χ1n) is 11.9. The van der Waals surface area contributed by atoms with Gasteiger partial charge in [0.05, 0.1) is 5.71 Å². The van der Waals surface area contributed by atoms with E-state index in [0.29, 0.717) is 38.9 Å². The summed E-state index contributed by atoms with van der Waals surface area (Å²) in [5, 5.41) is 6.97. The number of likely N-dealkylation sites (N-methyl/N-ethyl adjacent to an activating group) is 1. The van der Waals surface area contributed by atoms with Gasteiger partial charge in [0.25, 0.3) is 5.91 Å². The Bertz CT molecular complexity index is 1390. The van der Waals surface area contributed by atoms with Gasteiger partial charge in [0, 0.05) is 41.4 Å². The molecule has 39 heavy (non-hydrogen) atoms. The molecule has 3 aromatic rings. The summed E-state index contributed by atoms with van der Waals surface area (Å²) in [7, 11) is 9.00. The van der Waals surface area contributed by atoms with Crippen molar-refractivity contribution in [3.05, 3.63) is 93.5 Å². The van der Waals surface area contributed by atoms with E-state index in [1.807, 2.05) is 19.1 Å². The first-order chi connectivity index (χ1) is 18.4. The third-order valence-corrected chi connectivity index (χ3v) is 6.58. The number of aryl methyl sites for hydroxylation is 1. The molecule has 0 N–H and O–H groups in total. The molecule has 0 fully saturated rings.